The van der Waals surface area contributed by atoms with Crippen molar-refractivity contribution in [3.8, 4) is 0 Å². The van der Waals surface area contributed by atoms with E-state index in [0.717, 1.165) is 31.8 Å². The van der Waals surface area contributed by atoms with Crippen molar-refractivity contribution in [2.45, 2.75) is 31.8 Å². The molecule has 0 unspecified atom stereocenters. The molecule has 3 heterocycles. The lowest BCUT2D eigenvalue weighted by atomic mass is 9.77. The van der Waals surface area contributed by atoms with Gasteiger partial charge in [-0.2, -0.15) is 0 Å². The van der Waals surface area contributed by atoms with E-state index in [9.17, 15) is 0 Å². The van der Waals surface area contributed by atoms with Crippen molar-refractivity contribution in [1.29, 1.82) is 0 Å². The molecule has 1 aromatic heterocycles. The molecule has 0 bridgehead atoms. The molecule has 0 saturated carbocycles. The van der Waals surface area contributed by atoms with Gasteiger partial charge in [-0.3, -0.25) is 4.98 Å². The molecule has 2 saturated heterocycles. The zero-order chi connectivity index (χ0) is 11.6. The Morgan fingerprint density at radius 3 is 3.00 bits per heavy atom. The SMILES string of the molecule is c1ccc(C[C@H]2CC3(CCNCC3)CO2)nc1. The molecule has 3 rings (SSSR count). The summed E-state index contributed by atoms with van der Waals surface area (Å²) in [7, 11) is 0. The van der Waals surface area contributed by atoms with Crippen LogP contribution in [0.4, 0.5) is 0 Å². The minimum atomic E-state index is 0.378. The third-order valence-electron chi connectivity index (χ3n) is 4.11. The second kappa shape index (κ2) is 4.75. The lowest BCUT2D eigenvalue weighted by Crippen LogP contribution is -2.37. The monoisotopic (exact) mass is 232 g/mol. The molecule has 3 nitrogen and oxygen atoms in total. The highest BCUT2D eigenvalue weighted by molar-refractivity contribution is 5.06. The maximum Gasteiger partial charge on any atom is 0.0636 e. The van der Waals surface area contributed by atoms with Crippen LogP contribution < -0.4 is 5.32 Å². The Labute approximate surface area is 103 Å². The van der Waals surface area contributed by atoms with Gasteiger partial charge in [-0.15, -0.1) is 0 Å². The Bertz CT molecular complexity index is 360. The van der Waals surface area contributed by atoms with Gasteiger partial charge in [-0.1, -0.05) is 6.07 Å². The topological polar surface area (TPSA) is 34.1 Å². The van der Waals surface area contributed by atoms with Crippen molar-refractivity contribution in [3.63, 3.8) is 0 Å². The molecule has 0 amide bonds. The number of nitrogens with one attached hydrogen (secondary N) is 1. The van der Waals surface area contributed by atoms with Gasteiger partial charge in [0.25, 0.3) is 0 Å². The fraction of sp³-hybridized carbons (Fsp3) is 0.643. The summed E-state index contributed by atoms with van der Waals surface area (Å²) in [5.74, 6) is 0. The van der Waals surface area contributed by atoms with Gasteiger partial charge in [0.2, 0.25) is 0 Å². The molecular formula is C14H20N2O. The second-order valence-corrected chi connectivity index (χ2v) is 5.41. The van der Waals surface area contributed by atoms with Crippen LogP contribution in [0.2, 0.25) is 0 Å². The molecule has 92 valence electrons. The summed E-state index contributed by atoms with van der Waals surface area (Å²) >= 11 is 0. The van der Waals surface area contributed by atoms with E-state index in [-0.39, 0.29) is 0 Å². The number of rotatable bonds is 2. The van der Waals surface area contributed by atoms with Crippen LogP contribution in [-0.4, -0.2) is 30.8 Å². The minimum absolute atomic E-state index is 0.378. The van der Waals surface area contributed by atoms with Crippen LogP contribution in [0.25, 0.3) is 0 Å². The molecule has 3 heteroatoms. The summed E-state index contributed by atoms with van der Waals surface area (Å²) in [6, 6.07) is 6.11. The summed E-state index contributed by atoms with van der Waals surface area (Å²) < 4.78 is 5.98. The van der Waals surface area contributed by atoms with Crippen LogP contribution in [0.3, 0.4) is 0 Å². The van der Waals surface area contributed by atoms with Gasteiger partial charge < -0.3 is 10.1 Å². The molecule has 1 aromatic rings. The van der Waals surface area contributed by atoms with Crippen molar-refractivity contribution >= 4 is 0 Å². The Morgan fingerprint density at radius 1 is 1.35 bits per heavy atom. The molecule has 0 aliphatic carbocycles. The van der Waals surface area contributed by atoms with Crippen LogP contribution in [0.15, 0.2) is 24.4 Å². The molecule has 0 aromatic carbocycles. The lowest BCUT2D eigenvalue weighted by molar-refractivity contribution is 0.0863. The number of piperidine rings is 1. The number of hydrogen-bond acceptors (Lipinski definition) is 3. The van der Waals surface area contributed by atoms with Gasteiger partial charge >= 0.3 is 0 Å². The van der Waals surface area contributed by atoms with Crippen LogP contribution in [0.5, 0.6) is 0 Å². The zero-order valence-corrected chi connectivity index (χ0v) is 10.2. The molecule has 2 aliphatic heterocycles. The van der Waals surface area contributed by atoms with Gasteiger partial charge in [0.05, 0.1) is 12.7 Å². The zero-order valence-electron chi connectivity index (χ0n) is 10.2. The number of hydrogen-bond donors (Lipinski definition) is 1. The van der Waals surface area contributed by atoms with Crippen LogP contribution >= 0.6 is 0 Å². The first kappa shape index (κ1) is 11.2. The summed E-state index contributed by atoms with van der Waals surface area (Å²) in [6.45, 7) is 3.26. The molecular weight excluding hydrogens is 212 g/mol. The van der Waals surface area contributed by atoms with Crippen molar-refractivity contribution in [2.75, 3.05) is 19.7 Å². The Morgan fingerprint density at radius 2 is 2.24 bits per heavy atom. The largest absolute Gasteiger partial charge is 0.377 e. The lowest BCUT2D eigenvalue weighted by Gasteiger charge is -2.32. The quantitative estimate of drug-likeness (QED) is 0.844. The number of ether oxygens (including phenoxy) is 1. The normalized spacial score (nSPS) is 27.4. The molecule has 17 heavy (non-hydrogen) atoms. The van der Waals surface area contributed by atoms with E-state index in [1.165, 1.54) is 19.3 Å². The summed E-state index contributed by atoms with van der Waals surface area (Å²) in [5, 5.41) is 3.43. The first-order valence-corrected chi connectivity index (χ1v) is 6.59. The maximum atomic E-state index is 5.98. The summed E-state index contributed by atoms with van der Waals surface area (Å²) in [4.78, 5) is 4.38. The fourth-order valence-electron chi connectivity index (χ4n) is 3.08. The predicted molar refractivity (Wildman–Crippen MR) is 66.8 cm³/mol. The summed E-state index contributed by atoms with van der Waals surface area (Å²) in [6.07, 6.45) is 6.96. The molecule has 0 radical (unpaired) electrons. The van der Waals surface area contributed by atoms with E-state index in [1.807, 2.05) is 12.3 Å². The number of nitrogens with zero attached hydrogens (tertiary/aromatic N) is 1. The first-order chi connectivity index (χ1) is 8.36. The number of pyridine rings is 1. The number of aromatic nitrogens is 1. The van der Waals surface area contributed by atoms with E-state index >= 15 is 0 Å². The van der Waals surface area contributed by atoms with Gasteiger partial charge in [-0.25, -0.2) is 0 Å². The standard InChI is InChI=1S/C14H20N2O/c1-2-6-16-12(3-1)9-13-10-14(11-17-13)4-7-15-8-5-14/h1-3,6,13,15H,4-5,7-11H2/t13-/m0/s1. The van der Waals surface area contributed by atoms with E-state index in [0.29, 0.717) is 11.5 Å². The van der Waals surface area contributed by atoms with Gasteiger partial charge in [0.1, 0.15) is 0 Å². The Hall–Kier alpha value is -0.930. The van der Waals surface area contributed by atoms with Crippen LogP contribution in [-0.2, 0) is 11.2 Å². The highest BCUT2D eigenvalue weighted by Crippen LogP contribution is 2.40. The minimum Gasteiger partial charge on any atom is -0.377 e. The predicted octanol–water partition coefficient (Wildman–Crippen LogP) is 1.78. The third-order valence-corrected chi connectivity index (χ3v) is 4.11. The van der Waals surface area contributed by atoms with E-state index in [2.05, 4.69) is 22.4 Å². The highest BCUT2D eigenvalue weighted by Gasteiger charge is 2.40. The van der Waals surface area contributed by atoms with Crippen molar-refractivity contribution in [3.05, 3.63) is 30.1 Å². The second-order valence-electron chi connectivity index (χ2n) is 5.41. The Balaban J connectivity index is 1.60. The third kappa shape index (κ3) is 2.50. The smallest absolute Gasteiger partial charge is 0.0636 e. The molecule has 1 N–H and O–H groups in total. The first-order valence-electron chi connectivity index (χ1n) is 6.59. The van der Waals surface area contributed by atoms with Crippen molar-refractivity contribution < 1.29 is 4.74 Å². The van der Waals surface area contributed by atoms with Crippen LogP contribution in [0, 0.1) is 5.41 Å². The summed E-state index contributed by atoms with van der Waals surface area (Å²) in [5.41, 5.74) is 1.62. The maximum absolute atomic E-state index is 5.98. The fourth-order valence-corrected chi connectivity index (χ4v) is 3.08. The van der Waals surface area contributed by atoms with Crippen LogP contribution in [0.1, 0.15) is 25.0 Å². The molecule has 2 fully saturated rings. The van der Waals surface area contributed by atoms with E-state index in [1.54, 1.807) is 0 Å². The molecule has 1 spiro atoms. The average Bonchev–Trinajstić information content (AvgIpc) is 2.74. The average molecular weight is 232 g/mol. The van der Waals surface area contributed by atoms with Gasteiger partial charge in [0, 0.05) is 18.3 Å². The van der Waals surface area contributed by atoms with E-state index < -0.39 is 0 Å². The van der Waals surface area contributed by atoms with Crippen molar-refractivity contribution in [2.24, 2.45) is 5.41 Å². The van der Waals surface area contributed by atoms with E-state index in [4.69, 9.17) is 4.74 Å². The molecule has 2 aliphatic rings. The highest BCUT2D eigenvalue weighted by atomic mass is 16.5. The van der Waals surface area contributed by atoms with Gasteiger partial charge in [-0.05, 0) is 49.9 Å². The van der Waals surface area contributed by atoms with Crippen molar-refractivity contribution in [1.82, 2.24) is 10.3 Å². The Kier molecular flexibility index (Phi) is 3.12. The molecule has 1 atom stereocenters. The van der Waals surface area contributed by atoms with Gasteiger partial charge in [0.15, 0.2) is 0 Å².